The van der Waals surface area contributed by atoms with Gasteiger partial charge in [0.2, 0.25) is 0 Å². The van der Waals surface area contributed by atoms with E-state index >= 15 is 0 Å². The minimum absolute atomic E-state index is 0.0186. The average Bonchev–Trinajstić information content (AvgIpc) is 2.51. The first kappa shape index (κ1) is 14.3. The van der Waals surface area contributed by atoms with Gasteiger partial charge in [-0.25, -0.2) is 0 Å². The van der Waals surface area contributed by atoms with Crippen LogP contribution in [0, 0.1) is 0 Å². The summed E-state index contributed by atoms with van der Waals surface area (Å²) >= 11 is 6.11. The molecule has 1 aliphatic rings. The van der Waals surface area contributed by atoms with Crippen molar-refractivity contribution in [3.05, 3.63) is 79.9 Å². The maximum atomic E-state index is 6.35. The van der Waals surface area contributed by atoms with Crippen LogP contribution in [0.5, 0.6) is 0 Å². The van der Waals surface area contributed by atoms with Crippen LogP contribution in [-0.4, -0.2) is 0 Å². The van der Waals surface area contributed by atoms with E-state index in [1.54, 1.807) is 0 Å². The van der Waals surface area contributed by atoms with E-state index in [4.69, 9.17) is 4.74 Å². The van der Waals surface area contributed by atoms with Crippen molar-refractivity contribution >= 4 is 38.5 Å². The summed E-state index contributed by atoms with van der Waals surface area (Å²) in [4.78, 5) is 0. The summed E-state index contributed by atoms with van der Waals surface area (Å²) in [5.41, 5.74) is 2.43. The zero-order valence-corrected chi connectivity index (χ0v) is 14.5. The van der Waals surface area contributed by atoms with E-state index in [9.17, 15) is 0 Å². The van der Waals surface area contributed by atoms with E-state index in [1.165, 1.54) is 19.2 Å². The largest absolute Gasteiger partial charge is 0.360 e. The molecule has 0 radical (unpaired) electrons. The molecule has 0 saturated carbocycles. The summed E-state index contributed by atoms with van der Waals surface area (Å²) < 4.78 is 8.83. The summed E-state index contributed by atoms with van der Waals surface area (Å²) in [6.07, 6.45) is 1.02. The van der Waals surface area contributed by atoms with Crippen molar-refractivity contribution in [1.82, 2.24) is 0 Å². The minimum Gasteiger partial charge on any atom is -0.360 e. The molecular weight excluding hydrogens is 427 g/mol. The van der Waals surface area contributed by atoms with Crippen molar-refractivity contribution in [2.45, 2.75) is 18.6 Å². The van der Waals surface area contributed by atoms with Gasteiger partial charge in [-0.05, 0) is 33.7 Å². The van der Waals surface area contributed by atoms with Gasteiger partial charge in [0.05, 0.1) is 6.10 Å². The fourth-order valence-electron chi connectivity index (χ4n) is 2.39. The first-order valence-corrected chi connectivity index (χ1v) is 8.42. The van der Waals surface area contributed by atoms with Gasteiger partial charge in [-0.2, -0.15) is 0 Å². The number of hydrogen-bond acceptors (Lipinski definition) is 1. The maximum absolute atomic E-state index is 6.35. The Bertz CT molecular complexity index is 609. The second kappa shape index (κ2) is 6.41. The molecule has 1 nitrogen and oxygen atoms in total. The Kier molecular flexibility index (Phi) is 4.58. The van der Waals surface area contributed by atoms with Crippen LogP contribution in [0.1, 0.15) is 29.8 Å². The lowest BCUT2D eigenvalue weighted by Gasteiger charge is -2.31. The molecule has 102 valence electrons. The summed E-state index contributed by atoms with van der Waals surface area (Å²) in [5.74, 6) is 0. The molecule has 2 aromatic rings. The number of rotatable bonds is 2. The molecule has 1 aliphatic heterocycles. The monoisotopic (exact) mass is 440 g/mol. The molecule has 20 heavy (non-hydrogen) atoms. The molecule has 2 atom stereocenters. The highest BCUT2D eigenvalue weighted by molar-refractivity contribution is 14.1. The predicted molar refractivity (Wildman–Crippen MR) is 94.0 cm³/mol. The van der Waals surface area contributed by atoms with Gasteiger partial charge in [0.25, 0.3) is 0 Å². The lowest BCUT2D eigenvalue weighted by molar-refractivity contribution is 0.00165. The third kappa shape index (κ3) is 3.00. The van der Waals surface area contributed by atoms with Crippen molar-refractivity contribution in [1.29, 1.82) is 0 Å². The molecule has 0 spiro atoms. The van der Waals surface area contributed by atoms with E-state index in [2.05, 4.69) is 87.1 Å². The molecule has 0 amide bonds. The number of hydrogen-bond donors (Lipinski definition) is 0. The Balaban J connectivity index is 1.94. The van der Waals surface area contributed by atoms with E-state index in [1.807, 2.05) is 12.1 Å². The average molecular weight is 441 g/mol. The van der Waals surface area contributed by atoms with Gasteiger partial charge in [0, 0.05) is 14.5 Å². The van der Waals surface area contributed by atoms with E-state index in [0.29, 0.717) is 0 Å². The molecule has 0 bridgehead atoms. The Morgan fingerprint density at radius 1 is 0.900 bits per heavy atom. The van der Waals surface area contributed by atoms with Gasteiger partial charge in [0.15, 0.2) is 0 Å². The Morgan fingerprint density at radius 2 is 1.45 bits per heavy atom. The van der Waals surface area contributed by atoms with Gasteiger partial charge in [-0.1, -0.05) is 76.6 Å². The SMILES string of the molecule is BrC1=C(I)C(c2ccccc2)OC(c2ccccc2)C1. The lowest BCUT2D eigenvalue weighted by Crippen LogP contribution is -2.16. The standard InChI is InChI=1S/C17H14BrIO/c18-14-11-15(12-7-3-1-4-8-12)20-17(16(14)19)13-9-5-2-6-10-13/h1-10,15,17H,11H2. The van der Waals surface area contributed by atoms with Crippen LogP contribution in [0.25, 0.3) is 0 Å². The Morgan fingerprint density at radius 3 is 2.05 bits per heavy atom. The third-order valence-electron chi connectivity index (χ3n) is 3.43. The van der Waals surface area contributed by atoms with Gasteiger partial charge >= 0.3 is 0 Å². The number of ether oxygens (including phenoxy) is 1. The Hall–Kier alpha value is -0.650. The van der Waals surface area contributed by atoms with Crippen LogP contribution in [0.3, 0.4) is 0 Å². The number of benzene rings is 2. The van der Waals surface area contributed by atoms with Crippen LogP contribution >= 0.6 is 38.5 Å². The van der Waals surface area contributed by atoms with Crippen LogP contribution in [0.15, 0.2) is 68.7 Å². The lowest BCUT2D eigenvalue weighted by atomic mass is 10.0. The molecule has 0 N–H and O–H groups in total. The van der Waals surface area contributed by atoms with Gasteiger partial charge in [0.1, 0.15) is 6.10 Å². The molecule has 3 heteroatoms. The fourth-order valence-corrected chi connectivity index (χ4v) is 3.62. The van der Waals surface area contributed by atoms with E-state index in [0.717, 1.165) is 6.42 Å². The van der Waals surface area contributed by atoms with Crippen molar-refractivity contribution < 1.29 is 4.74 Å². The molecule has 3 rings (SSSR count). The third-order valence-corrected chi connectivity index (χ3v) is 6.14. The zero-order valence-electron chi connectivity index (χ0n) is 10.8. The molecular formula is C17H14BrIO. The van der Waals surface area contributed by atoms with Crippen LogP contribution < -0.4 is 0 Å². The van der Waals surface area contributed by atoms with Crippen molar-refractivity contribution in [2.75, 3.05) is 0 Å². The van der Waals surface area contributed by atoms with Crippen molar-refractivity contribution in [2.24, 2.45) is 0 Å². The van der Waals surface area contributed by atoms with E-state index in [-0.39, 0.29) is 12.2 Å². The summed E-state index contributed by atoms with van der Waals surface area (Å²) in [6.45, 7) is 0. The van der Waals surface area contributed by atoms with Crippen LogP contribution in [0.2, 0.25) is 0 Å². The molecule has 0 aromatic heterocycles. The summed E-state index contributed by atoms with van der Waals surface area (Å²) in [5, 5.41) is 0. The van der Waals surface area contributed by atoms with Gasteiger partial charge in [-0.15, -0.1) is 0 Å². The molecule has 0 aliphatic carbocycles. The van der Waals surface area contributed by atoms with Gasteiger partial charge < -0.3 is 4.74 Å². The second-order valence-corrected chi connectivity index (χ2v) is 6.90. The molecule has 0 fully saturated rings. The predicted octanol–water partition coefficient (Wildman–Crippen LogP) is 5.93. The van der Waals surface area contributed by atoms with Crippen molar-refractivity contribution in [3.63, 3.8) is 0 Å². The quantitative estimate of drug-likeness (QED) is 0.525. The highest BCUT2D eigenvalue weighted by Crippen LogP contribution is 2.46. The van der Waals surface area contributed by atoms with Crippen molar-refractivity contribution in [3.8, 4) is 0 Å². The van der Waals surface area contributed by atoms with Crippen LogP contribution in [-0.2, 0) is 4.74 Å². The first-order chi connectivity index (χ1) is 9.75. The highest BCUT2D eigenvalue weighted by atomic mass is 127. The minimum atomic E-state index is 0.0186. The van der Waals surface area contributed by atoms with Gasteiger partial charge in [-0.3, -0.25) is 0 Å². The second-order valence-electron chi connectivity index (χ2n) is 4.78. The zero-order chi connectivity index (χ0) is 13.9. The smallest absolute Gasteiger partial charge is 0.115 e. The Labute approximate surface area is 141 Å². The number of halogens is 2. The molecule has 1 heterocycles. The molecule has 0 saturated heterocycles. The normalized spacial score (nSPS) is 22.9. The first-order valence-electron chi connectivity index (χ1n) is 6.55. The molecule has 2 aromatic carbocycles. The molecule has 2 unspecified atom stereocenters. The topological polar surface area (TPSA) is 9.23 Å². The van der Waals surface area contributed by atoms with E-state index < -0.39 is 0 Å². The highest BCUT2D eigenvalue weighted by Gasteiger charge is 2.29. The summed E-state index contributed by atoms with van der Waals surface area (Å²) in [6, 6.07) is 20.8. The summed E-state index contributed by atoms with van der Waals surface area (Å²) in [7, 11) is 0. The maximum Gasteiger partial charge on any atom is 0.115 e. The fraction of sp³-hybridized carbons (Fsp3) is 0.176. The van der Waals surface area contributed by atoms with Crippen LogP contribution in [0.4, 0.5) is 0 Å².